The van der Waals surface area contributed by atoms with Gasteiger partial charge in [-0.05, 0) is 57.9 Å². The molecule has 0 fully saturated rings. The maximum Gasteiger partial charge on any atom is 0.259 e. The van der Waals surface area contributed by atoms with Crippen LogP contribution in [0.25, 0.3) is 6.08 Å². The molecular formula is C22H24BrNO6. The van der Waals surface area contributed by atoms with Crippen molar-refractivity contribution in [1.29, 1.82) is 0 Å². The predicted octanol–water partition coefficient (Wildman–Crippen LogP) is 3.84. The fourth-order valence-electron chi connectivity index (χ4n) is 2.50. The van der Waals surface area contributed by atoms with Gasteiger partial charge < -0.3 is 23.8 Å². The first-order chi connectivity index (χ1) is 14.3. The van der Waals surface area contributed by atoms with Crippen LogP contribution in [-0.4, -0.2) is 58.6 Å². The molecule has 0 atom stereocenters. The van der Waals surface area contributed by atoms with Gasteiger partial charge in [-0.2, -0.15) is 0 Å². The molecule has 0 aliphatic heterocycles. The summed E-state index contributed by atoms with van der Waals surface area (Å²) in [5.41, 5.74) is 1.19. The van der Waals surface area contributed by atoms with Crippen molar-refractivity contribution < 1.29 is 28.5 Å². The fraction of sp³-hybridized carbons (Fsp3) is 0.273. The van der Waals surface area contributed by atoms with Crippen molar-refractivity contribution in [2.24, 2.45) is 0 Å². The lowest BCUT2D eigenvalue weighted by Crippen LogP contribution is -2.27. The molecule has 0 heterocycles. The summed E-state index contributed by atoms with van der Waals surface area (Å²) in [5, 5.41) is 0. The van der Waals surface area contributed by atoms with Gasteiger partial charge in [0.1, 0.15) is 0 Å². The second-order valence-corrected chi connectivity index (χ2v) is 7.23. The number of ketones is 1. The van der Waals surface area contributed by atoms with Gasteiger partial charge in [-0.3, -0.25) is 9.59 Å². The fourth-order valence-corrected chi connectivity index (χ4v) is 3.07. The molecule has 7 nitrogen and oxygen atoms in total. The second kappa shape index (κ2) is 10.7. The van der Waals surface area contributed by atoms with E-state index >= 15 is 0 Å². The Morgan fingerprint density at radius 1 is 0.967 bits per heavy atom. The number of halogens is 1. The van der Waals surface area contributed by atoms with E-state index in [1.807, 2.05) is 0 Å². The molecule has 8 heteroatoms. The van der Waals surface area contributed by atoms with E-state index in [2.05, 4.69) is 15.9 Å². The van der Waals surface area contributed by atoms with Crippen molar-refractivity contribution >= 4 is 33.7 Å². The normalized spacial score (nSPS) is 10.6. The number of nitrogens with zero attached hydrogens (tertiary/aromatic N) is 1. The van der Waals surface area contributed by atoms with Crippen LogP contribution in [0, 0.1) is 0 Å². The molecule has 0 spiro atoms. The van der Waals surface area contributed by atoms with Gasteiger partial charge >= 0.3 is 0 Å². The number of likely N-dealkylation sites (N-methyl/N-ethyl adjacent to an activating group) is 1. The van der Waals surface area contributed by atoms with E-state index in [0.717, 1.165) is 5.56 Å². The molecular weight excluding hydrogens is 454 g/mol. The minimum absolute atomic E-state index is 0.116. The summed E-state index contributed by atoms with van der Waals surface area (Å²) in [7, 11) is 7.86. The molecule has 0 saturated carbocycles. The SMILES string of the molecule is COc1ccc(C(=O)/C=C/c2cc(Br)c(OCC(=O)N(C)C)c(OC)c2)cc1OC. The highest BCUT2D eigenvalue weighted by molar-refractivity contribution is 9.10. The van der Waals surface area contributed by atoms with Crippen LogP contribution in [0.2, 0.25) is 0 Å². The van der Waals surface area contributed by atoms with Gasteiger partial charge in [0.15, 0.2) is 35.4 Å². The van der Waals surface area contributed by atoms with Gasteiger partial charge in [0.25, 0.3) is 5.91 Å². The van der Waals surface area contributed by atoms with Crippen LogP contribution in [0.3, 0.4) is 0 Å². The van der Waals surface area contributed by atoms with E-state index in [4.69, 9.17) is 18.9 Å². The molecule has 0 bridgehead atoms. The van der Waals surface area contributed by atoms with Crippen molar-refractivity contribution in [3.05, 3.63) is 52.0 Å². The monoisotopic (exact) mass is 477 g/mol. The van der Waals surface area contributed by atoms with Crippen LogP contribution in [0.5, 0.6) is 23.0 Å². The highest BCUT2D eigenvalue weighted by Crippen LogP contribution is 2.37. The predicted molar refractivity (Wildman–Crippen MR) is 118 cm³/mol. The minimum Gasteiger partial charge on any atom is -0.493 e. The molecule has 30 heavy (non-hydrogen) atoms. The molecule has 0 aliphatic rings. The number of rotatable bonds is 9. The van der Waals surface area contributed by atoms with Gasteiger partial charge in [-0.15, -0.1) is 0 Å². The molecule has 0 radical (unpaired) electrons. The molecule has 0 unspecified atom stereocenters. The Balaban J connectivity index is 2.22. The Morgan fingerprint density at radius 3 is 2.23 bits per heavy atom. The Labute approximate surface area is 184 Å². The number of hydrogen-bond acceptors (Lipinski definition) is 6. The molecule has 2 rings (SSSR count). The third kappa shape index (κ3) is 5.76. The van der Waals surface area contributed by atoms with Crippen LogP contribution in [0.1, 0.15) is 15.9 Å². The summed E-state index contributed by atoms with van der Waals surface area (Å²) < 4.78 is 22.0. The summed E-state index contributed by atoms with van der Waals surface area (Å²) in [6.45, 7) is -0.116. The molecule has 2 aromatic rings. The van der Waals surface area contributed by atoms with Gasteiger partial charge in [0, 0.05) is 19.7 Å². The largest absolute Gasteiger partial charge is 0.493 e. The maximum absolute atomic E-state index is 12.5. The highest BCUT2D eigenvalue weighted by Gasteiger charge is 2.14. The lowest BCUT2D eigenvalue weighted by molar-refractivity contribution is -0.130. The molecule has 0 saturated heterocycles. The summed E-state index contributed by atoms with van der Waals surface area (Å²) in [4.78, 5) is 25.8. The first-order valence-corrected chi connectivity index (χ1v) is 9.75. The Morgan fingerprint density at radius 2 is 1.63 bits per heavy atom. The molecule has 0 aromatic heterocycles. The summed E-state index contributed by atoms with van der Waals surface area (Å²) in [6.07, 6.45) is 3.12. The number of carbonyl (C=O) groups is 2. The van der Waals surface area contributed by atoms with Crippen molar-refractivity contribution in [2.75, 3.05) is 42.0 Å². The van der Waals surface area contributed by atoms with Crippen LogP contribution >= 0.6 is 15.9 Å². The zero-order valence-corrected chi connectivity index (χ0v) is 19.1. The second-order valence-electron chi connectivity index (χ2n) is 6.38. The van der Waals surface area contributed by atoms with E-state index in [-0.39, 0.29) is 18.3 Å². The number of hydrogen-bond donors (Lipinski definition) is 0. The Hall–Kier alpha value is -3.00. The third-order valence-electron chi connectivity index (χ3n) is 4.19. The zero-order chi connectivity index (χ0) is 22.3. The quantitative estimate of drug-likeness (QED) is 0.403. The average molecular weight is 478 g/mol. The first-order valence-electron chi connectivity index (χ1n) is 8.95. The van der Waals surface area contributed by atoms with Crippen molar-refractivity contribution in [3.63, 3.8) is 0 Å². The smallest absolute Gasteiger partial charge is 0.259 e. The minimum atomic E-state index is -0.192. The molecule has 0 N–H and O–H groups in total. The van der Waals surface area contributed by atoms with Crippen LogP contribution in [0.15, 0.2) is 40.9 Å². The lowest BCUT2D eigenvalue weighted by atomic mass is 10.1. The first kappa shape index (κ1) is 23.3. The topological polar surface area (TPSA) is 74.3 Å². The number of carbonyl (C=O) groups excluding carboxylic acids is 2. The highest BCUT2D eigenvalue weighted by atomic mass is 79.9. The maximum atomic E-state index is 12.5. The van der Waals surface area contributed by atoms with Crippen molar-refractivity contribution in [3.8, 4) is 23.0 Å². The van der Waals surface area contributed by atoms with E-state index in [0.29, 0.717) is 33.0 Å². The lowest BCUT2D eigenvalue weighted by Gasteiger charge is -2.15. The zero-order valence-electron chi connectivity index (χ0n) is 17.5. The number of benzene rings is 2. The van der Waals surface area contributed by atoms with Crippen LogP contribution in [0.4, 0.5) is 0 Å². The van der Waals surface area contributed by atoms with Gasteiger partial charge in [0.05, 0.1) is 25.8 Å². The van der Waals surface area contributed by atoms with E-state index in [1.165, 1.54) is 32.3 Å². The average Bonchev–Trinajstić information content (AvgIpc) is 2.75. The number of allylic oxidation sites excluding steroid dienone is 1. The number of ether oxygens (including phenoxy) is 4. The van der Waals surface area contributed by atoms with Crippen LogP contribution in [-0.2, 0) is 4.79 Å². The Bertz CT molecular complexity index is 955. The molecule has 1 amide bonds. The summed E-state index contributed by atoms with van der Waals surface area (Å²) in [5.74, 6) is 1.52. The van der Waals surface area contributed by atoms with E-state index < -0.39 is 0 Å². The summed E-state index contributed by atoms with van der Waals surface area (Å²) >= 11 is 3.43. The third-order valence-corrected chi connectivity index (χ3v) is 4.77. The van der Waals surface area contributed by atoms with E-state index in [9.17, 15) is 9.59 Å². The van der Waals surface area contributed by atoms with Gasteiger partial charge in [-0.25, -0.2) is 0 Å². The van der Waals surface area contributed by atoms with Gasteiger partial charge in [-0.1, -0.05) is 6.08 Å². The van der Waals surface area contributed by atoms with Crippen molar-refractivity contribution in [1.82, 2.24) is 4.90 Å². The van der Waals surface area contributed by atoms with Gasteiger partial charge in [0.2, 0.25) is 0 Å². The molecule has 0 aliphatic carbocycles. The Kier molecular flexibility index (Phi) is 8.29. The summed E-state index contributed by atoms with van der Waals surface area (Å²) in [6, 6.07) is 8.47. The van der Waals surface area contributed by atoms with Crippen molar-refractivity contribution in [2.45, 2.75) is 0 Å². The molecule has 160 valence electrons. The van der Waals surface area contributed by atoms with E-state index in [1.54, 1.807) is 50.5 Å². The number of amides is 1. The molecule has 2 aromatic carbocycles. The number of methoxy groups -OCH3 is 3. The van der Waals surface area contributed by atoms with Crippen LogP contribution < -0.4 is 18.9 Å². The standard InChI is InChI=1S/C22H24BrNO6/c1-24(2)21(26)13-30-22-16(23)10-14(11-20(22)29-5)6-8-17(25)15-7-9-18(27-3)19(12-15)28-4/h6-12H,13H2,1-5H3/b8-6+.